The third-order valence-electron chi connectivity index (χ3n) is 5.04. The van der Waals surface area contributed by atoms with Crippen LogP contribution in [0.4, 0.5) is 4.39 Å². The predicted octanol–water partition coefficient (Wildman–Crippen LogP) is 3.63. The Kier molecular flexibility index (Phi) is 12.2. The van der Waals surface area contributed by atoms with Gasteiger partial charge in [0.15, 0.2) is 15.7 Å². The van der Waals surface area contributed by atoms with E-state index in [-0.39, 0.29) is 30.9 Å². The highest BCUT2D eigenvalue weighted by atomic mass is 35.5. The van der Waals surface area contributed by atoms with E-state index in [1.54, 1.807) is 34.6 Å². The Bertz CT molecular complexity index is 1210. The molecule has 11 nitrogen and oxygen atoms in total. The lowest BCUT2D eigenvalue weighted by Crippen LogP contribution is -2.38. The minimum atomic E-state index is -3.37. The van der Waals surface area contributed by atoms with Crippen LogP contribution in [0, 0.1) is 11.2 Å². The highest BCUT2D eigenvalue weighted by Gasteiger charge is 2.48. The van der Waals surface area contributed by atoms with Gasteiger partial charge in [-0.1, -0.05) is 55.7 Å². The minimum Gasteiger partial charge on any atom is -0.462 e. The smallest absolute Gasteiger partial charge is 0.330 e. The van der Waals surface area contributed by atoms with Gasteiger partial charge in [-0.2, -0.15) is 4.39 Å². The molecule has 0 aromatic carbocycles. The molecule has 0 radical (unpaired) electrons. The maximum atomic E-state index is 13.8. The first-order valence-corrected chi connectivity index (χ1v) is 16.3. The zero-order valence-electron chi connectivity index (χ0n) is 22.3. The number of thioether (sulfide) groups is 1. The molecule has 1 aromatic rings. The van der Waals surface area contributed by atoms with Gasteiger partial charge < -0.3 is 18.5 Å². The summed E-state index contributed by atoms with van der Waals surface area (Å²) in [6.07, 6.45) is -1.92. The maximum Gasteiger partial charge on any atom is 0.330 e. The molecule has 2 rings (SSSR count). The Morgan fingerprint density at radius 3 is 2.56 bits per heavy atom. The molecule has 0 bridgehead atoms. The summed E-state index contributed by atoms with van der Waals surface area (Å²) >= 11 is 19.4. The average Bonchev–Trinajstić information content (AvgIpc) is 3.10. The topological polar surface area (TPSA) is 138 Å². The molecule has 1 saturated heterocycles. The molecule has 17 heteroatoms. The number of hydrogen-bond acceptors (Lipinski definition) is 10. The van der Waals surface area contributed by atoms with E-state index in [4.69, 9.17) is 53.5 Å². The molecule has 1 aromatic heterocycles. The van der Waals surface area contributed by atoms with Crippen molar-refractivity contribution in [1.82, 2.24) is 14.6 Å². The van der Waals surface area contributed by atoms with Gasteiger partial charge in [0.2, 0.25) is 5.82 Å². The molecule has 0 amide bonds. The third-order valence-corrected chi connectivity index (χ3v) is 9.63. The fourth-order valence-electron chi connectivity index (χ4n) is 3.16. The predicted molar refractivity (Wildman–Crippen MR) is 151 cm³/mol. The SMILES string of the molecule is CC(C)OC(=O)C(C)NP(=S)(OCCSC(=O)C(C)(C)C)OCC1CC(Cl)(Cl)C(n2cc(F)c(=O)[nH]c2=O)O1. The van der Waals surface area contributed by atoms with Crippen LogP contribution >= 0.6 is 41.6 Å². The van der Waals surface area contributed by atoms with Crippen LogP contribution in [0.3, 0.4) is 0 Å². The number of ether oxygens (including phenoxy) is 2. The van der Waals surface area contributed by atoms with Gasteiger partial charge in [-0.3, -0.25) is 23.9 Å². The number of H-pyrrole nitrogens is 1. The Labute approximate surface area is 245 Å². The molecule has 2 heterocycles. The monoisotopic (exact) mass is 651 g/mol. The lowest BCUT2D eigenvalue weighted by Gasteiger charge is -2.27. The molecule has 1 fully saturated rings. The van der Waals surface area contributed by atoms with Gasteiger partial charge in [-0.25, -0.2) is 9.88 Å². The van der Waals surface area contributed by atoms with Crippen molar-refractivity contribution in [2.45, 2.75) is 76.8 Å². The molecule has 4 unspecified atom stereocenters. The molecule has 222 valence electrons. The highest BCUT2D eigenvalue weighted by Crippen LogP contribution is 2.49. The maximum absolute atomic E-state index is 13.8. The summed E-state index contributed by atoms with van der Waals surface area (Å²) in [6.45, 7) is 6.81. The second kappa shape index (κ2) is 13.9. The Balaban J connectivity index is 2.13. The number of rotatable bonds is 12. The van der Waals surface area contributed by atoms with Crippen molar-refractivity contribution in [2.75, 3.05) is 19.0 Å². The van der Waals surface area contributed by atoms with E-state index in [2.05, 4.69) is 5.09 Å². The quantitative estimate of drug-likeness (QED) is 0.148. The van der Waals surface area contributed by atoms with Crippen molar-refractivity contribution in [2.24, 2.45) is 5.41 Å². The molecule has 1 aliphatic heterocycles. The van der Waals surface area contributed by atoms with Crippen LogP contribution in [0.25, 0.3) is 0 Å². The van der Waals surface area contributed by atoms with Crippen LogP contribution in [0.1, 0.15) is 54.2 Å². The van der Waals surface area contributed by atoms with Gasteiger partial charge in [0.25, 0.3) is 12.2 Å². The summed E-state index contributed by atoms with van der Waals surface area (Å²) in [5.41, 5.74) is -2.69. The van der Waals surface area contributed by atoms with Crippen molar-refractivity contribution in [3.8, 4) is 0 Å². The summed E-state index contributed by atoms with van der Waals surface area (Å²) in [4.78, 5) is 50.0. The molecule has 1 aliphatic rings. The normalized spacial score (nSPS) is 21.5. The largest absolute Gasteiger partial charge is 0.462 e. The Hall–Kier alpha value is -0.830. The van der Waals surface area contributed by atoms with Crippen LogP contribution in [0.5, 0.6) is 0 Å². The van der Waals surface area contributed by atoms with E-state index in [1.807, 2.05) is 4.98 Å². The zero-order chi connectivity index (χ0) is 29.8. The average molecular weight is 653 g/mol. The number of hydrogen-bond donors (Lipinski definition) is 2. The second-order valence-corrected chi connectivity index (χ2v) is 15.9. The van der Waals surface area contributed by atoms with Gasteiger partial charge in [-0.15, -0.1) is 0 Å². The molecule has 0 saturated carbocycles. The van der Waals surface area contributed by atoms with Gasteiger partial charge in [0, 0.05) is 17.6 Å². The number of aromatic nitrogens is 2. The van der Waals surface area contributed by atoms with E-state index in [9.17, 15) is 23.6 Å². The van der Waals surface area contributed by atoms with Gasteiger partial charge in [0.1, 0.15) is 6.04 Å². The number of carbonyl (C=O) groups is 2. The Morgan fingerprint density at radius 2 is 1.97 bits per heavy atom. The van der Waals surface area contributed by atoms with E-state index in [0.717, 1.165) is 16.3 Å². The van der Waals surface area contributed by atoms with Crippen molar-refractivity contribution < 1.29 is 32.5 Å². The minimum absolute atomic E-state index is 0.0259. The molecule has 39 heavy (non-hydrogen) atoms. The number of esters is 1. The number of nitrogens with zero attached hydrogens (tertiary/aromatic N) is 1. The number of alkyl halides is 2. The van der Waals surface area contributed by atoms with Crippen LogP contribution in [0.2, 0.25) is 0 Å². The van der Waals surface area contributed by atoms with E-state index in [1.165, 1.54) is 6.92 Å². The van der Waals surface area contributed by atoms with Crippen LogP contribution in [0.15, 0.2) is 15.8 Å². The Morgan fingerprint density at radius 1 is 1.33 bits per heavy atom. The first kappa shape index (κ1) is 34.4. The second-order valence-electron chi connectivity index (χ2n) is 10.1. The van der Waals surface area contributed by atoms with Crippen LogP contribution in [-0.4, -0.2) is 62.2 Å². The molecule has 0 aliphatic carbocycles. The zero-order valence-corrected chi connectivity index (χ0v) is 26.4. The lowest BCUT2D eigenvalue weighted by atomic mass is 10.00. The lowest BCUT2D eigenvalue weighted by molar-refractivity contribution is -0.149. The third kappa shape index (κ3) is 10.2. The highest BCUT2D eigenvalue weighted by molar-refractivity contribution is 8.13. The molecule has 0 spiro atoms. The van der Waals surface area contributed by atoms with Crippen molar-refractivity contribution >= 4 is 64.5 Å². The van der Waals surface area contributed by atoms with Crippen molar-refractivity contribution in [1.29, 1.82) is 0 Å². The number of carbonyl (C=O) groups excluding carboxylic acids is 2. The van der Waals surface area contributed by atoms with Crippen LogP contribution in [-0.2, 0) is 39.9 Å². The molecular formula is C22H33Cl2FN3O8PS2. The standard InChI is InChI=1S/C22H33Cl2FN3O8PS2/c1-12(2)35-17(30)13(3)27-37(38,33-7-8-39-19(31)21(4,5)6)34-11-14-9-22(23,24)18(36-14)28-10-15(25)16(29)26-20(28)32/h10,12-14,18H,7-9,11H2,1-6H3,(H,27,38)(H,26,29,32). The summed E-state index contributed by atoms with van der Waals surface area (Å²) in [6, 6.07) is -0.887. The number of aromatic amines is 1. The summed E-state index contributed by atoms with van der Waals surface area (Å²) < 4.78 is 35.6. The van der Waals surface area contributed by atoms with Gasteiger partial charge >= 0.3 is 11.7 Å². The molecular weight excluding hydrogens is 619 g/mol. The fraction of sp³-hybridized carbons (Fsp3) is 0.727. The van der Waals surface area contributed by atoms with E-state index >= 15 is 0 Å². The summed E-state index contributed by atoms with van der Waals surface area (Å²) in [7, 11) is 0. The van der Waals surface area contributed by atoms with Gasteiger partial charge in [0.05, 0.1) is 31.6 Å². The first-order chi connectivity index (χ1) is 17.8. The summed E-state index contributed by atoms with van der Waals surface area (Å²) in [5, 5.41) is 2.85. The number of halogens is 3. The number of nitrogens with one attached hydrogen (secondary N) is 2. The molecule has 2 N–H and O–H groups in total. The fourth-order valence-corrected chi connectivity index (χ4v) is 7.11. The van der Waals surface area contributed by atoms with E-state index in [0.29, 0.717) is 11.9 Å². The van der Waals surface area contributed by atoms with Crippen molar-refractivity contribution in [3.63, 3.8) is 0 Å². The first-order valence-electron chi connectivity index (χ1n) is 11.9. The van der Waals surface area contributed by atoms with E-state index < -0.39 is 57.8 Å². The van der Waals surface area contributed by atoms with Gasteiger partial charge in [-0.05, 0) is 32.6 Å². The summed E-state index contributed by atoms with van der Waals surface area (Å²) in [5.74, 6) is -1.50. The van der Waals surface area contributed by atoms with Crippen LogP contribution < -0.4 is 16.3 Å². The molecule has 4 atom stereocenters. The van der Waals surface area contributed by atoms with Crippen molar-refractivity contribution in [3.05, 3.63) is 32.9 Å².